The minimum absolute atomic E-state index is 0. The number of rotatable bonds is 4. The minimum Gasteiger partial charge on any atom is -0.545 e. The summed E-state index contributed by atoms with van der Waals surface area (Å²) >= 11 is 0. The molecule has 1 atom stereocenters. The zero-order valence-electron chi connectivity index (χ0n) is 7.00. The van der Waals surface area contributed by atoms with E-state index in [0.717, 1.165) is 12.2 Å². The largest absolute Gasteiger partial charge is 1.00 e. The first-order valence-electron chi connectivity index (χ1n) is 2.86. The number of hydrogen-bond donors (Lipinski definition) is 1. The molecular formula is C6H7NaO5S. The first-order chi connectivity index (χ1) is 5.38. The molecule has 68 valence electrons. The van der Waals surface area contributed by atoms with Crippen LogP contribution in [0, 0.1) is 0 Å². The van der Waals surface area contributed by atoms with E-state index < -0.39 is 21.3 Å². The Kier molecular flexibility index (Phi) is 7.47. The van der Waals surface area contributed by atoms with Crippen LogP contribution in [0.25, 0.3) is 0 Å². The van der Waals surface area contributed by atoms with Gasteiger partial charge in [-0.15, -0.1) is 6.58 Å². The Labute approximate surface area is 98.2 Å². The summed E-state index contributed by atoms with van der Waals surface area (Å²) in [5, 5.41) is 8.43. The van der Waals surface area contributed by atoms with Crippen LogP contribution in [0.15, 0.2) is 24.8 Å². The van der Waals surface area contributed by atoms with Crippen LogP contribution in [0.4, 0.5) is 0 Å². The summed E-state index contributed by atoms with van der Waals surface area (Å²) in [5.41, 5.74) is 0. The maximum atomic E-state index is 10.4. The van der Waals surface area contributed by atoms with E-state index in [9.17, 15) is 18.3 Å². The Morgan fingerprint density at radius 2 is 2.00 bits per heavy atom. The molecule has 0 radical (unpaired) electrons. The Balaban J connectivity index is 0. The topological polar surface area (TPSA) is 94.5 Å². The fourth-order valence-corrected chi connectivity index (χ4v) is 0.993. The van der Waals surface area contributed by atoms with Gasteiger partial charge < -0.3 is 9.90 Å². The van der Waals surface area contributed by atoms with Gasteiger partial charge in [-0.05, 0) is 6.08 Å². The fraction of sp³-hybridized carbons (Fsp3) is 0.167. The van der Waals surface area contributed by atoms with Crippen molar-refractivity contribution in [1.82, 2.24) is 0 Å². The van der Waals surface area contributed by atoms with Crippen LogP contribution in [0.1, 0.15) is 0 Å². The van der Waals surface area contributed by atoms with Gasteiger partial charge in [-0.2, -0.15) is 8.42 Å². The van der Waals surface area contributed by atoms with E-state index in [4.69, 9.17) is 4.55 Å². The van der Waals surface area contributed by atoms with Gasteiger partial charge in [-0.25, -0.2) is 0 Å². The van der Waals surface area contributed by atoms with E-state index in [-0.39, 0.29) is 29.6 Å². The van der Waals surface area contributed by atoms with Gasteiger partial charge in [0.05, 0.1) is 5.97 Å². The van der Waals surface area contributed by atoms with Gasteiger partial charge >= 0.3 is 29.6 Å². The van der Waals surface area contributed by atoms with Crippen LogP contribution in [-0.2, 0) is 14.9 Å². The van der Waals surface area contributed by atoms with Crippen LogP contribution in [0.2, 0.25) is 0 Å². The Bertz CT molecular complexity index is 305. The third-order valence-electron chi connectivity index (χ3n) is 0.998. The molecule has 0 aromatic rings. The van der Waals surface area contributed by atoms with Crippen LogP contribution >= 0.6 is 0 Å². The molecule has 0 aliphatic rings. The molecule has 0 rings (SSSR count). The van der Waals surface area contributed by atoms with Gasteiger partial charge in [0.25, 0.3) is 10.1 Å². The second-order valence-electron chi connectivity index (χ2n) is 1.89. The van der Waals surface area contributed by atoms with Gasteiger partial charge in [0.1, 0.15) is 5.25 Å². The molecule has 0 spiro atoms. The zero-order chi connectivity index (χ0) is 9.78. The van der Waals surface area contributed by atoms with Crippen LogP contribution in [-0.4, -0.2) is 24.2 Å². The molecular weight excluding hydrogens is 207 g/mol. The maximum absolute atomic E-state index is 10.4. The predicted molar refractivity (Wildman–Crippen MR) is 39.7 cm³/mol. The summed E-state index contributed by atoms with van der Waals surface area (Å²) in [4.78, 5) is 9.84. The van der Waals surface area contributed by atoms with E-state index in [1.54, 1.807) is 0 Å². The molecule has 0 aromatic heterocycles. The quantitative estimate of drug-likeness (QED) is 0.221. The van der Waals surface area contributed by atoms with Crippen molar-refractivity contribution in [3.63, 3.8) is 0 Å². The van der Waals surface area contributed by atoms with Crippen molar-refractivity contribution >= 4 is 16.1 Å². The first kappa shape index (κ1) is 15.3. The number of carbonyl (C=O) groups excluding carboxylic acids is 1. The molecule has 0 aromatic carbocycles. The Morgan fingerprint density at radius 3 is 2.23 bits per heavy atom. The van der Waals surface area contributed by atoms with Crippen molar-refractivity contribution in [3.05, 3.63) is 24.8 Å². The molecule has 0 heterocycles. The van der Waals surface area contributed by atoms with Gasteiger partial charge in [-0.1, -0.05) is 12.2 Å². The van der Waals surface area contributed by atoms with Crippen molar-refractivity contribution in [2.75, 3.05) is 0 Å². The number of carbonyl (C=O) groups is 1. The summed E-state index contributed by atoms with van der Waals surface area (Å²) in [6.45, 7) is 3.10. The predicted octanol–water partition coefficient (Wildman–Crippen LogP) is -4.26. The van der Waals surface area contributed by atoms with E-state index in [0.29, 0.717) is 6.08 Å². The van der Waals surface area contributed by atoms with Crippen LogP contribution in [0.3, 0.4) is 0 Å². The summed E-state index contributed by atoms with van der Waals surface area (Å²) in [6, 6.07) is 0. The van der Waals surface area contributed by atoms with Crippen molar-refractivity contribution in [3.8, 4) is 0 Å². The number of hydrogen-bond acceptors (Lipinski definition) is 4. The third-order valence-corrected chi connectivity index (χ3v) is 2.04. The van der Waals surface area contributed by atoms with Gasteiger partial charge in [0, 0.05) is 0 Å². The average Bonchev–Trinajstić information content (AvgIpc) is 1.85. The van der Waals surface area contributed by atoms with Crippen molar-refractivity contribution in [1.29, 1.82) is 0 Å². The molecule has 0 fully saturated rings. The molecule has 0 aliphatic carbocycles. The second-order valence-corrected chi connectivity index (χ2v) is 3.47. The monoisotopic (exact) mass is 214 g/mol. The molecule has 7 heteroatoms. The molecule has 0 amide bonds. The van der Waals surface area contributed by atoms with Gasteiger partial charge in [0.15, 0.2) is 0 Å². The van der Waals surface area contributed by atoms with Crippen LogP contribution in [0.5, 0.6) is 0 Å². The summed E-state index contributed by atoms with van der Waals surface area (Å²) < 4.78 is 29.2. The maximum Gasteiger partial charge on any atom is 1.00 e. The fourth-order valence-electron chi connectivity index (χ4n) is 0.473. The number of carboxylic acids is 1. The molecule has 0 aliphatic heterocycles. The molecule has 0 saturated carbocycles. The zero-order valence-corrected chi connectivity index (χ0v) is 9.82. The third kappa shape index (κ3) is 6.97. The summed E-state index contributed by atoms with van der Waals surface area (Å²) in [5.74, 6) is -1.54. The molecule has 13 heavy (non-hydrogen) atoms. The van der Waals surface area contributed by atoms with Crippen molar-refractivity contribution < 1.29 is 52.4 Å². The standard InChI is InChI=1S/C6H8O5S.Na/c1-2-5(12(9,10)11)3-4-6(7)8;/h2-5H,1H2,(H,7,8)(H,9,10,11);/q;+1/p-1. The minimum atomic E-state index is -4.31. The van der Waals surface area contributed by atoms with Gasteiger partial charge in [-0.3, -0.25) is 4.55 Å². The van der Waals surface area contributed by atoms with E-state index >= 15 is 0 Å². The molecule has 1 N–H and O–H groups in total. The summed E-state index contributed by atoms with van der Waals surface area (Å²) in [7, 11) is -4.31. The smallest absolute Gasteiger partial charge is 0.545 e. The van der Waals surface area contributed by atoms with Gasteiger partial charge in [0.2, 0.25) is 0 Å². The normalized spacial score (nSPS) is 13.3. The average molecular weight is 214 g/mol. The molecule has 0 bridgehead atoms. The van der Waals surface area contributed by atoms with E-state index in [1.165, 1.54) is 0 Å². The van der Waals surface area contributed by atoms with Crippen molar-refractivity contribution in [2.45, 2.75) is 5.25 Å². The first-order valence-corrected chi connectivity index (χ1v) is 4.36. The van der Waals surface area contributed by atoms with Crippen molar-refractivity contribution in [2.24, 2.45) is 0 Å². The van der Waals surface area contributed by atoms with Crippen LogP contribution < -0.4 is 34.7 Å². The van der Waals surface area contributed by atoms with E-state index in [2.05, 4.69) is 6.58 Å². The molecule has 5 nitrogen and oxygen atoms in total. The second kappa shape index (κ2) is 6.33. The Morgan fingerprint density at radius 1 is 1.54 bits per heavy atom. The Hall–Kier alpha value is -0.140. The molecule has 0 saturated heterocycles. The van der Waals surface area contributed by atoms with E-state index in [1.807, 2.05) is 0 Å². The SMILES string of the molecule is C=CC(C=CC(=O)[O-])S(=O)(=O)O.[Na+]. The summed E-state index contributed by atoms with van der Waals surface area (Å²) in [6.07, 6.45) is 2.17. The molecule has 1 unspecified atom stereocenters. The number of aliphatic carboxylic acids is 1. The number of carboxylic acid groups (broad SMARTS) is 1.